The fraction of sp³-hybridized carbons (Fsp3) is 0. The lowest BCUT2D eigenvalue weighted by atomic mass is 10.2. The molecule has 3 heteroatoms. The number of thiophene rings is 1. The molecule has 0 aliphatic carbocycles. The Kier molecular flexibility index (Phi) is 2.38. The third-order valence-corrected chi connectivity index (χ3v) is 3.26. The van der Waals surface area contributed by atoms with E-state index in [2.05, 4.69) is 28.1 Å². The quantitative estimate of drug-likeness (QED) is 0.823. The molecule has 0 saturated carbocycles. The van der Waals surface area contributed by atoms with Crippen molar-refractivity contribution in [1.82, 2.24) is 0 Å². The zero-order valence-corrected chi connectivity index (χ0v) is 9.23. The number of hydrogen-bond acceptors (Lipinski definition) is 2. The first kappa shape index (κ1) is 8.78. The minimum atomic E-state index is 0.850. The van der Waals surface area contributed by atoms with Gasteiger partial charge in [-0.15, -0.1) is 11.3 Å². The lowest BCUT2D eigenvalue weighted by Crippen LogP contribution is -1.83. The van der Waals surface area contributed by atoms with E-state index in [1.54, 1.807) is 11.3 Å². The molecule has 2 rings (SSSR count). The van der Waals surface area contributed by atoms with Crippen LogP contribution in [0.15, 0.2) is 40.2 Å². The molecule has 66 valence electrons. The molecule has 1 nitrogen and oxygen atoms in total. The summed E-state index contributed by atoms with van der Waals surface area (Å²) in [5.74, 6) is 0. The molecule has 0 fully saturated rings. The van der Waals surface area contributed by atoms with Crippen molar-refractivity contribution in [3.8, 4) is 10.4 Å². The predicted octanol–water partition coefficient (Wildman–Crippen LogP) is 3.76. The van der Waals surface area contributed by atoms with E-state index in [0.717, 1.165) is 15.0 Å². The predicted molar refractivity (Wildman–Crippen MR) is 61.9 cm³/mol. The Bertz CT molecular complexity index is 422. The van der Waals surface area contributed by atoms with Crippen LogP contribution in [0.3, 0.4) is 0 Å². The number of halogens is 1. The smallest absolute Gasteiger partial charge is 0.0572 e. The Morgan fingerprint density at radius 1 is 1.23 bits per heavy atom. The zero-order valence-electron chi connectivity index (χ0n) is 6.83. The lowest BCUT2D eigenvalue weighted by Gasteiger charge is -1.99. The van der Waals surface area contributed by atoms with Gasteiger partial charge in [0.1, 0.15) is 0 Å². The number of nitrogen functional groups attached to an aromatic ring is 1. The molecule has 0 amide bonds. The van der Waals surface area contributed by atoms with Crippen LogP contribution in [0.5, 0.6) is 0 Å². The van der Waals surface area contributed by atoms with Gasteiger partial charge in [-0.3, -0.25) is 0 Å². The highest BCUT2D eigenvalue weighted by Gasteiger charge is 2.03. The SMILES string of the molecule is Nc1ccsc1-c1cccc(Br)c1. The molecule has 0 radical (unpaired) electrons. The second-order valence-electron chi connectivity index (χ2n) is 2.72. The molecule has 1 aromatic carbocycles. The number of nitrogens with two attached hydrogens (primary N) is 1. The molecular weight excluding hydrogens is 246 g/mol. The maximum absolute atomic E-state index is 5.82. The number of hydrogen-bond donors (Lipinski definition) is 1. The summed E-state index contributed by atoms with van der Waals surface area (Å²) in [5, 5.41) is 2.01. The summed E-state index contributed by atoms with van der Waals surface area (Å²) in [5.41, 5.74) is 7.84. The highest BCUT2D eigenvalue weighted by Crippen LogP contribution is 2.32. The molecule has 0 aliphatic heterocycles. The van der Waals surface area contributed by atoms with Crippen molar-refractivity contribution >= 4 is 33.0 Å². The fourth-order valence-corrected chi connectivity index (χ4v) is 2.40. The van der Waals surface area contributed by atoms with Crippen molar-refractivity contribution in [2.75, 3.05) is 5.73 Å². The topological polar surface area (TPSA) is 26.0 Å². The molecule has 1 aromatic heterocycles. The van der Waals surface area contributed by atoms with Gasteiger partial charge in [0, 0.05) is 4.47 Å². The normalized spacial score (nSPS) is 10.2. The van der Waals surface area contributed by atoms with Crippen molar-refractivity contribution in [2.24, 2.45) is 0 Å². The van der Waals surface area contributed by atoms with Crippen LogP contribution in [-0.2, 0) is 0 Å². The molecule has 1 heterocycles. The highest BCUT2D eigenvalue weighted by molar-refractivity contribution is 9.10. The van der Waals surface area contributed by atoms with Crippen LogP contribution < -0.4 is 5.73 Å². The Morgan fingerprint density at radius 3 is 2.69 bits per heavy atom. The molecule has 0 aliphatic rings. The second-order valence-corrected chi connectivity index (χ2v) is 4.55. The van der Waals surface area contributed by atoms with Crippen LogP contribution in [-0.4, -0.2) is 0 Å². The number of anilines is 1. The molecule has 2 N–H and O–H groups in total. The molecule has 0 bridgehead atoms. The molecule has 0 unspecified atom stereocenters. The van der Waals surface area contributed by atoms with Crippen molar-refractivity contribution in [3.05, 3.63) is 40.2 Å². The molecule has 0 spiro atoms. The van der Waals surface area contributed by atoms with Gasteiger partial charge in [-0.25, -0.2) is 0 Å². The fourth-order valence-electron chi connectivity index (χ4n) is 1.18. The van der Waals surface area contributed by atoms with E-state index in [9.17, 15) is 0 Å². The van der Waals surface area contributed by atoms with E-state index in [4.69, 9.17) is 5.73 Å². The van der Waals surface area contributed by atoms with E-state index in [1.165, 1.54) is 5.56 Å². The van der Waals surface area contributed by atoms with Gasteiger partial charge in [0.15, 0.2) is 0 Å². The molecule has 0 saturated heterocycles. The van der Waals surface area contributed by atoms with E-state index in [0.29, 0.717) is 0 Å². The molecule has 0 atom stereocenters. The number of benzene rings is 1. The average Bonchev–Trinajstić information content (AvgIpc) is 2.51. The zero-order chi connectivity index (χ0) is 9.26. The van der Waals surface area contributed by atoms with Gasteiger partial charge in [0.25, 0.3) is 0 Å². The van der Waals surface area contributed by atoms with Crippen LogP contribution in [0.2, 0.25) is 0 Å². The summed E-state index contributed by atoms with van der Waals surface area (Å²) in [6.45, 7) is 0. The molecule has 2 aromatic rings. The summed E-state index contributed by atoms with van der Waals surface area (Å²) in [7, 11) is 0. The van der Waals surface area contributed by atoms with Crippen molar-refractivity contribution in [2.45, 2.75) is 0 Å². The monoisotopic (exact) mass is 253 g/mol. The van der Waals surface area contributed by atoms with Crippen LogP contribution in [0, 0.1) is 0 Å². The molecular formula is C10H8BrNS. The highest BCUT2D eigenvalue weighted by atomic mass is 79.9. The molecule has 13 heavy (non-hydrogen) atoms. The maximum atomic E-state index is 5.82. The third-order valence-electron chi connectivity index (χ3n) is 1.78. The van der Waals surface area contributed by atoms with Gasteiger partial charge in [-0.05, 0) is 29.1 Å². The first-order chi connectivity index (χ1) is 6.27. The Morgan fingerprint density at radius 2 is 2.08 bits per heavy atom. The number of rotatable bonds is 1. The second kappa shape index (κ2) is 3.52. The van der Waals surface area contributed by atoms with Crippen molar-refractivity contribution in [3.63, 3.8) is 0 Å². The Labute approximate surface area is 89.3 Å². The Hall–Kier alpha value is -0.800. The van der Waals surface area contributed by atoms with Crippen LogP contribution >= 0.6 is 27.3 Å². The van der Waals surface area contributed by atoms with Crippen LogP contribution in [0.4, 0.5) is 5.69 Å². The first-order valence-corrected chi connectivity index (χ1v) is 5.53. The first-order valence-electron chi connectivity index (χ1n) is 3.86. The van der Waals surface area contributed by atoms with Crippen LogP contribution in [0.25, 0.3) is 10.4 Å². The minimum Gasteiger partial charge on any atom is -0.398 e. The van der Waals surface area contributed by atoms with Crippen molar-refractivity contribution < 1.29 is 0 Å². The van der Waals surface area contributed by atoms with Gasteiger partial charge in [0.2, 0.25) is 0 Å². The van der Waals surface area contributed by atoms with E-state index in [-0.39, 0.29) is 0 Å². The summed E-state index contributed by atoms with van der Waals surface area (Å²) in [6, 6.07) is 10.1. The largest absolute Gasteiger partial charge is 0.398 e. The van der Waals surface area contributed by atoms with Crippen LogP contribution in [0.1, 0.15) is 0 Å². The minimum absolute atomic E-state index is 0.850. The average molecular weight is 254 g/mol. The Balaban J connectivity index is 2.53. The van der Waals surface area contributed by atoms with E-state index < -0.39 is 0 Å². The summed E-state index contributed by atoms with van der Waals surface area (Å²) in [6.07, 6.45) is 0. The van der Waals surface area contributed by atoms with Gasteiger partial charge in [-0.2, -0.15) is 0 Å². The van der Waals surface area contributed by atoms with Gasteiger partial charge in [-0.1, -0.05) is 28.1 Å². The van der Waals surface area contributed by atoms with Gasteiger partial charge >= 0.3 is 0 Å². The van der Waals surface area contributed by atoms with E-state index in [1.807, 2.05) is 23.6 Å². The van der Waals surface area contributed by atoms with E-state index >= 15 is 0 Å². The summed E-state index contributed by atoms with van der Waals surface area (Å²) < 4.78 is 1.08. The van der Waals surface area contributed by atoms with Crippen molar-refractivity contribution in [1.29, 1.82) is 0 Å². The maximum Gasteiger partial charge on any atom is 0.0572 e. The van der Waals surface area contributed by atoms with Gasteiger partial charge < -0.3 is 5.73 Å². The summed E-state index contributed by atoms with van der Waals surface area (Å²) in [4.78, 5) is 1.14. The standard InChI is InChI=1S/C10H8BrNS/c11-8-3-1-2-7(6-8)10-9(12)4-5-13-10/h1-6H,12H2. The third kappa shape index (κ3) is 1.76. The lowest BCUT2D eigenvalue weighted by molar-refractivity contribution is 1.64. The van der Waals surface area contributed by atoms with Gasteiger partial charge in [0.05, 0.1) is 10.6 Å². The summed E-state index contributed by atoms with van der Waals surface area (Å²) >= 11 is 5.10.